The normalized spacial score (nSPS) is 15.3. The van der Waals surface area contributed by atoms with Crippen molar-refractivity contribution in [2.75, 3.05) is 0 Å². The summed E-state index contributed by atoms with van der Waals surface area (Å²) in [7, 11) is 0. The molecule has 14 heavy (non-hydrogen) atoms. The summed E-state index contributed by atoms with van der Waals surface area (Å²) in [5.74, 6) is -0.146. The second-order valence-electron chi connectivity index (χ2n) is 3.60. The Morgan fingerprint density at radius 3 is 2.86 bits per heavy atom. The highest BCUT2D eigenvalue weighted by atomic mass is 19.1. The Labute approximate surface area is 82.2 Å². The third-order valence-corrected chi connectivity index (χ3v) is 2.71. The summed E-state index contributed by atoms with van der Waals surface area (Å²) in [6, 6.07) is 0. The molecule has 3 nitrogen and oxygen atoms in total. The molecule has 4 heteroatoms. The van der Waals surface area contributed by atoms with Crippen LogP contribution in [0.15, 0.2) is 0 Å². The van der Waals surface area contributed by atoms with Crippen LogP contribution in [-0.4, -0.2) is 4.98 Å². The van der Waals surface area contributed by atoms with E-state index in [-0.39, 0.29) is 0 Å². The van der Waals surface area contributed by atoms with Gasteiger partial charge in [0.05, 0.1) is 12.0 Å². The van der Waals surface area contributed by atoms with Crippen LogP contribution in [0.1, 0.15) is 36.8 Å². The van der Waals surface area contributed by atoms with Crippen LogP contribution >= 0.6 is 0 Å². The molecular weight excluding hydrogens is 183 g/mol. The molecule has 0 N–H and O–H groups in total. The molecule has 0 spiro atoms. The highest BCUT2D eigenvalue weighted by molar-refractivity contribution is 5.17. The van der Waals surface area contributed by atoms with Gasteiger partial charge in [0.15, 0.2) is 0 Å². The van der Waals surface area contributed by atoms with Gasteiger partial charge in [-0.3, -0.25) is 0 Å². The van der Waals surface area contributed by atoms with Gasteiger partial charge in [0, 0.05) is 6.42 Å². The Morgan fingerprint density at radius 2 is 2.14 bits per heavy atom. The molecule has 1 heterocycles. The molecule has 0 saturated heterocycles. The van der Waals surface area contributed by atoms with Gasteiger partial charge in [0.25, 0.3) is 0 Å². The van der Waals surface area contributed by atoms with E-state index < -0.39 is 5.95 Å². The molecule has 76 valence electrons. The SMILES string of the molecule is CCc1nc(F)c2c([n+]1[O-])CCCC2. The van der Waals surface area contributed by atoms with Crippen molar-refractivity contribution in [2.45, 2.75) is 39.0 Å². The number of hydrogen-bond donors (Lipinski definition) is 0. The molecule has 1 aliphatic carbocycles. The van der Waals surface area contributed by atoms with Gasteiger partial charge in [0.2, 0.25) is 0 Å². The van der Waals surface area contributed by atoms with E-state index in [1.54, 1.807) is 0 Å². The van der Waals surface area contributed by atoms with Gasteiger partial charge in [-0.1, -0.05) is 6.92 Å². The predicted molar refractivity (Wildman–Crippen MR) is 49.2 cm³/mol. The fraction of sp³-hybridized carbons (Fsp3) is 0.600. The highest BCUT2D eigenvalue weighted by Crippen LogP contribution is 2.20. The minimum absolute atomic E-state index is 0.295. The second-order valence-corrected chi connectivity index (χ2v) is 3.60. The Hall–Kier alpha value is -1.19. The quantitative estimate of drug-likeness (QED) is 0.386. The minimum Gasteiger partial charge on any atom is -0.711 e. The average Bonchev–Trinajstić information content (AvgIpc) is 2.23. The van der Waals surface area contributed by atoms with E-state index in [0.717, 1.165) is 17.6 Å². The molecule has 1 aliphatic rings. The molecule has 0 saturated carbocycles. The first-order valence-electron chi connectivity index (χ1n) is 5.03. The number of halogens is 1. The van der Waals surface area contributed by atoms with E-state index >= 15 is 0 Å². The summed E-state index contributed by atoms with van der Waals surface area (Å²) in [6.07, 6.45) is 3.75. The number of fused-ring (bicyclic) bond motifs is 1. The van der Waals surface area contributed by atoms with Gasteiger partial charge >= 0.3 is 11.8 Å². The first kappa shape index (κ1) is 9.37. The van der Waals surface area contributed by atoms with Crippen molar-refractivity contribution in [3.8, 4) is 0 Å². The van der Waals surface area contributed by atoms with Gasteiger partial charge in [-0.2, -0.15) is 4.39 Å². The number of nitrogens with zero attached hydrogens (tertiary/aromatic N) is 2. The van der Waals surface area contributed by atoms with Crippen molar-refractivity contribution < 1.29 is 9.12 Å². The van der Waals surface area contributed by atoms with E-state index in [1.807, 2.05) is 6.92 Å². The molecule has 1 aromatic heterocycles. The van der Waals surface area contributed by atoms with Crippen molar-refractivity contribution in [3.63, 3.8) is 0 Å². The fourth-order valence-corrected chi connectivity index (χ4v) is 1.94. The van der Waals surface area contributed by atoms with E-state index in [1.165, 1.54) is 0 Å². The molecular formula is C10H13FN2O. The molecule has 0 aromatic carbocycles. The van der Waals surface area contributed by atoms with Crippen LogP contribution < -0.4 is 4.73 Å². The maximum absolute atomic E-state index is 13.4. The molecule has 2 rings (SSSR count). The molecule has 0 fully saturated rings. The molecule has 0 atom stereocenters. The Bertz CT molecular complexity index is 366. The Balaban J connectivity index is 2.58. The van der Waals surface area contributed by atoms with Crippen LogP contribution in [0, 0.1) is 11.2 Å². The van der Waals surface area contributed by atoms with Crippen LogP contribution in [0.4, 0.5) is 4.39 Å². The van der Waals surface area contributed by atoms with Gasteiger partial charge in [-0.15, -0.1) is 0 Å². The van der Waals surface area contributed by atoms with Crippen LogP contribution in [-0.2, 0) is 19.3 Å². The summed E-state index contributed by atoms with van der Waals surface area (Å²) in [6.45, 7) is 1.81. The van der Waals surface area contributed by atoms with Crippen LogP contribution in [0.3, 0.4) is 0 Å². The largest absolute Gasteiger partial charge is 0.711 e. The molecule has 0 aliphatic heterocycles. The second kappa shape index (κ2) is 3.52. The maximum atomic E-state index is 13.4. The zero-order valence-electron chi connectivity index (χ0n) is 8.22. The number of aryl methyl sites for hydroxylation is 1. The number of rotatable bonds is 1. The van der Waals surface area contributed by atoms with Crippen molar-refractivity contribution in [3.05, 3.63) is 28.2 Å². The third kappa shape index (κ3) is 1.35. The zero-order valence-corrected chi connectivity index (χ0v) is 8.22. The minimum atomic E-state index is -0.441. The first-order chi connectivity index (χ1) is 6.74. The van der Waals surface area contributed by atoms with Crippen LogP contribution in [0.5, 0.6) is 0 Å². The molecule has 0 amide bonds. The lowest BCUT2D eigenvalue weighted by Crippen LogP contribution is -2.41. The summed E-state index contributed by atoms with van der Waals surface area (Å²) >= 11 is 0. The lowest BCUT2D eigenvalue weighted by Gasteiger charge is -2.18. The number of aromatic nitrogens is 2. The summed E-state index contributed by atoms with van der Waals surface area (Å²) in [5, 5.41) is 11.7. The highest BCUT2D eigenvalue weighted by Gasteiger charge is 2.24. The first-order valence-corrected chi connectivity index (χ1v) is 5.03. The lowest BCUT2D eigenvalue weighted by molar-refractivity contribution is -0.627. The molecule has 0 unspecified atom stereocenters. The Morgan fingerprint density at radius 1 is 1.43 bits per heavy atom. The van der Waals surface area contributed by atoms with E-state index in [0.29, 0.717) is 36.3 Å². The predicted octanol–water partition coefficient (Wildman–Crippen LogP) is 1.30. The summed E-state index contributed by atoms with van der Waals surface area (Å²) < 4.78 is 14.3. The Kier molecular flexibility index (Phi) is 2.35. The summed E-state index contributed by atoms with van der Waals surface area (Å²) in [4.78, 5) is 3.69. The van der Waals surface area contributed by atoms with Crippen molar-refractivity contribution in [1.82, 2.24) is 4.98 Å². The standard InChI is InChI=1S/C10H13FN2O/c1-2-9-12-10(11)7-5-3-4-6-8(7)13(9)14/h2-6H2,1H3. The maximum Gasteiger partial charge on any atom is 0.328 e. The molecule has 0 radical (unpaired) electrons. The lowest BCUT2D eigenvalue weighted by atomic mass is 9.97. The molecule has 0 bridgehead atoms. The average molecular weight is 196 g/mol. The van der Waals surface area contributed by atoms with Gasteiger partial charge in [-0.05, 0) is 24.2 Å². The zero-order chi connectivity index (χ0) is 10.1. The number of hydrogen-bond acceptors (Lipinski definition) is 2. The van der Waals surface area contributed by atoms with Gasteiger partial charge < -0.3 is 5.21 Å². The van der Waals surface area contributed by atoms with E-state index in [9.17, 15) is 9.60 Å². The fourth-order valence-electron chi connectivity index (χ4n) is 1.94. The van der Waals surface area contributed by atoms with Crippen molar-refractivity contribution in [2.24, 2.45) is 0 Å². The van der Waals surface area contributed by atoms with E-state index in [2.05, 4.69) is 4.98 Å². The van der Waals surface area contributed by atoms with E-state index in [4.69, 9.17) is 0 Å². The summed E-state index contributed by atoms with van der Waals surface area (Å²) in [5.41, 5.74) is 1.13. The van der Waals surface area contributed by atoms with Crippen LogP contribution in [0.2, 0.25) is 0 Å². The monoisotopic (exact) mass is 196 g/mol. The topological polar surface area (TPSA) is 39.8 Å². The van der Waals surface area contributed by atoms with Gasteiger partial charge in [0.1, 0.15) is 5.69 Å². The third-order valence-electron chi connectivity index (χ3n) is 2.71. The van der Waals surface area contributed by atoms with Crippen molar-refractivity contribution >= 4 is 0 Å². The van der Waals surface area contributed by atoms with Crippen LogP contribution in [0.25, 0.3) is 0 Å². The smallest absolute Gasteiger partial charge is 0.328 e. The molecule has 1 aromatic rings. The van der Waals surface area contributed by atoms with Crippen molar-refractivity contribution in [1.29, 1.82) is 0 Å². The van der Waals surface area contributed by atoms with Gasteiger partial charge in [-0.25, -0.2) is 4.73 Å².